The van der Waals surface area contributed by atoms with Crippen LogP contribution in [0.15, 0.2) is 0 Å². The van der Waals surface area contributed by atoms with E-state index in [0.717, 1.165) is 13.2 Å². The third kappa shape index (κ3) is 24.9. The van der Waals surface area contributed by atoms with E-state index in [9.17, 15) is 4.57 Å². The summed E-state index contributed by atoms with van der Waals surface area (Å²) in [6.45, 7) is 4.24. The van der Waals surface area contributed by atoms with E-state index in [2.05, 4.69) is 11.4 Å². The Morgan fingerprint density at radius 1 is 1.20 bits per heavy atom. The molecule has 0 aliphatic carbocycles. The lowest BCUT2D eigenvalue weighted by molar-refractivity contribution is 0.322. The quantitative estimate of drug-likeness (QED) is 0.529. The molecule has 0 spiro atoms. The predicted molar refractivity (Wildman–Crippen MR) is 65.2 cm³/mol. The van der Waals surface area contributed by atoms with Gasteiger partial charge >= 0.3 is 7.60 Å². The Bertz CT molecular complexity index is 153. The van der Waals surface area contributed by atoms with Crippen LogP contribution in [-0.2, 0) is 9.09 Å². The van der Waals surface area contributed by atoms with E-state index < -0.39 is 7.60 Å². The van der Waals surface area contributed by atoms with Crippen molar-refractivity contribution in [2.75, 3.05) is 20.3 Å². The van der Waals surface area contributed by atoms with E-state index in [1.165, 1.54) is 45.6 Å². The smallest absolute Gasteiger partial charge is 0.324 e. The molecular formula is C10H26NO3P. The maximum Gasteiger partial charge on any atom is 0.324 e. The molecule has 0 saturated carbocycles. The first-order valence-corrected chi connectivity index (χ1v) is 7.56. The summed E-state index contributed by atoms with van der Waals surface area (Å²) in [5, 5.41) is 0. The lowest BCUT2D eigenvalue weighted by Gasteiger charge is -1.96. The van der Waals surface area contributed by atoms with Crippen LogP contribution >= 0.6 is 7.60 Å². The van der Waals surface area contributed by atoms with Gasteiger partial charge in [0.15, 0.2) is 0 Å². The number of unbranched alkanes of at least 4 members (excludes halogenated alkanes) is 5. The van der Waals surface area contributed by atoms with E-state index in [-0.39, 0.29) is 0 Å². The molecule has 94 valence electrons. The van der Waals surface area contributed by atoms with Crippen molar-refractivity contribution in [3.05, 3.63) is 0 Å². The molecule has 0 bridgehead atoms. The second kappa shape index (κ2) is 12.2. The van der Waals surface area contributed by atoms with Crippen molar-refractivity contribution in [3.8, 4) is 0 Å². The molecule has 0 fully saturated rings. The van der Waals surface area contributed by atoms with Gasteiger partial charge in [-0.2, -0.15) is 0 Å². The van der Waals surface area contributed by atoms with Gasteiger partial charge < -0.3 is 15.2 Å². The molecule has 5 heteroatoms. The summed E-state index contributed by atoms with van der Waals surface area (Å²) in [6, 6.07) is 0. The molecule has 3 N–H and O–H groups in total. The first kappa shape index (κ1) is 17.5. The Labute approximate surface area is 93.7 Å². The maximum absolute atomic E-state index is 9.92. The lowest BCUT2D eigenvalue weighted by atomic mass is 10.1. The SMILES string of the molecule is CCCCCCCCN.COP(C)(=O)O. The van der Waals surface area contributed by atoms with E-state index in [1.807, 2.05) is 0 Å². The fourth-order valence-electron chi connectivity index (χ4n) is 0.925. The fraction of sp³-hybridized carbons (Fsp3) is 1.00. The van der Waals surface area contributed by atoms with Crippen LogP contribution in [0.5, 0.6) is 0 Å². The summed E-state index contributed by atoms with van der Waals surface area (Å²) in [5.41, 5.74) is 5.34. The Morgan fingerprint density at radius 2 is 1.60 bits per heavy atom. The highest BCUT2D eigenvalue weighted by Gasteiger charge is 2.02. The molecular weight excluding hydrogens is 213 g/mol. The van der Waals surface area contributed by atoms with Crippen molar-refractivity contribution in [1.29, 1.82) is 0 Å². The molecule has 0 aromatic heterocycles. The van der Waals surface area contributed by atoms with Crippen LogP contribution in [0.2, 0.25) is 0 Å². The normalized spacial score (nSPS) is 13.9. The number of nitrogens with two attached hydrogens (primary N) is 1. The highest BCUT2D eigenvalue weighted by Crippen LogP contribution is 2.34. The average Bonchev–Trinajstić information content (AvgIpc) is 2.18. The molecule has 1 unspecified atom stereocenters. The van der Waals surface area contributed by atoms with Gasteiger partial charge in [-0.3, -0.25) is 4.57 Å². The Kier molecular flexibility index (Phi) is 14.2. The largest absolute Gasteiger partial charge is 0.330 e. The van der Waals surface area contributed by atoms with Gasteiger partial charge in [0.1, 0.15) is 0 Å². The second-order valence-electron chi connectivity index (χ2n) is 3.54. The minimum absolute atomic E-state index is 0.867. The summed E-state index contributed by atoms with van der Waals surface area (Å²) in [4.78, 5) is 8.16. The van der Waals surface area contributed by atoms with Crippen LogP contribution in [0.3, 0.4) is 0 Å². The van der Waals surface area contributed by atoms with Crippen LogP contribution in [0.1, 0.15) is 45.4 Å². The van der Waals surface area contributed by atoms with Crippen molar-refractivity contribution < 1.29 is 14.0 Å². The van der Waals surface area contributed by atoms with Crippen LogP contribution in [0.4, 0.5) is 0 Å². The third-order valence-electron chi connectivity index (χ3n) is 1.90. The molecule has 0 aromatic carbocycles. The topological polar surface area (TPSA) is 72.5 Å². The van der Waals surface area contributed by atoms with Gasteiger partial charge in [0, 0.05) is 13.8 Å². The van der Waals surface area contributed by atoms with E-state index in [1.54, 1.807) is 0 Å². The van der Waals surface area contributed by atoms with Gasteiger partial charge in [-0.1, -0.05) is 39.0 Å². The molecule has 1 atom stereocenters. The summed E-state index contributed by atoms with van der Waals surface area (Å²) >= 11 is 0. The molecule has 0 aliphatic heterocycles. The number of hydrogen-bond acceptors (Lipinski definition) is 3. The van der Waals surface area contributed by atoms with Gasteiger partial charge in [-0.15, -0.1) is 0 Å². The van der Waals surface area contributed by atoms with Crippen LogP contribution in [0.25, 0.3) is 0 Å². The molecule has 0 rings (SSSR count). The highest BCUT2D eigenvalue weighted by atomic mass is 31.2. The molecule has 15 heavy (non-hydrogen) atoms. The minimum atomic E-state index is -3.15. The standard InChI is InChI=1S/C8H19N.C2H7O3P/c1-2-3-4-5-6-7-8-9;1-5-6(2,3)4/h2-9H2,1H3;1-2H3,(H,3,4). The van der Waals surface area contributed by atoms with Crippen molar-refractivity contribution in [2.24, 2.45) is 5.73 Å². The molecule has 0 heterocycles. The maximum atomic E-state index is 9.92. The summed E-state index contributed by atoms with van der Waals surface area (Å²) < 4.78 is 14.0. The molecule has 0 aliphatic rings. The van der Waals surface area contributed by atoms with Crippen molar-refractivity contribution in [1.82, 2.24) is 0 Å². The molecule has 0 radical (unpaired) electrons. The van der Waals surface area contributed by atoms with Gasteiger partial charge in [0.05, 0.1) is 0 Å². The summed E-state index contributed by atoms with van der Waals surface area (Å²) in [6.07, 6.45) is 8.05. The van der Waals surface area contributed by atoms with Crippen molar-refractivity contribution >= 4 is 7.60 Å². The van der Waals surface area contributed by atoms with Crippen LogP contribution in [-0.4, -0.2) is 25.2 Å². The minimum Gasteiger partial charge on any atom is -0.330 e. The molecule has 0 saturated heterocycles. The predicted octanol–water partition coefficient (Wildman–Crippen LogP) is 2.75. The van der Waals surface area contributed by atoms with Crippen LogP contribution < -0.4 is 5.73 Å². The first-order chi connectivity index (χ1) is 6.97. The van der Waals surface area contributed by atoms with Gasteiger partial charge in [0.25, 0.3) is 0 Å². The zero-order valence-corrected chi connectivity index (χ0v) is 11.1. The monoisotopic (exact) mass is 239 g/mol. The zero-order chi connectivity index (χ0) is 12.2. The lowest BCUT2D eigenvalue weighted by Crippen LogP contribution is -1.97. The van der Waals surface area contributed by atoms with E-state index >= 15 is 0 Å². The molecule has 4 nitrogen and oxygen atoms in total. The van der Waals surface area contributed by atoms with E-state index in [4.69, 9.17) is 10.6 Å². The van der Waals surface area contributed by atoms with Crippen molar-refractivity contribution in [2.45, 2.75) is 45.4 Å². The summed E-state index contributed by atoms with van der Waals surface area (Å²) in [7, 11) is -1.95. The fourth-order valence-corrected chi connectivity index (χ4v) is 0.925. The number of hydrogen-bond donors (Lipinski definition) is 2. The second-order valence-corrected chi connectivity index (χ2v) is 5.51. The zero-order valence-electron chi connectivity index (χ0n) is 10.2. The summed E-state index contributed by atoms with van der Waals surface area (Å²) in [5.74, 6) is 0. The Morgan fingerprint density at radius 3 is 1.93 bits per heavy atom. The van der Waals surface area contributed by atoms with Gasteiger partial charge in [-0.25, -0.2) is 0 Å². The third-order valence-corrected chi connectivity index (χ3v) is 2.57. The molecule has 0 amide bonds. The van der Waals surface area contributed by atoms with E-state index in [0.29, 0.717) is 0 Å². The molecule has 0 aromatic rings. The first-order valence-electron chi connectivity index (χ1n) is 5.54. The highest BCUT2D eigenvalue weighted by molar-refractivity contribution is 7.51. The van der Waals surface area contributed by atoms with Gasteiger partial charge in [0.2, 0.25) is 0 Å². The van der Waals surface area contributed by atoms with Crippen LogP contribution in [0, 0.1) is 0 Å². The Balaban J connectivity index is 0. The Hall–Kier alpha value is 0.110. The number of rotatable bonds is 7. The van der Waals surface area contributed by atoms with Gasteiger partial charge in [-0.05, 0) is 13.0 Å². The average molecular weight is 239 g/mol. The van der Waals surface area contributed by atoms with Crippen molar-refractivity contribution in [3.63, 3.8) is 0 Å².